The number of hydrogen-bond donors (Lipinski definition) is 3. The van der Waals surface area contributed by atoms with E-state index in [1.807, 2.05) is 26.0 Å². The van der Waals surface area contributed by atoms with Gasteiger partial charge in [0.05, 0.1) is 12.5 Å². The molecule has 1 unspecified atom stereocenters. The molecule has 0 heterocycles. The molecule has 0 radical (unpaired) electrons. The molecule has 1 rings (SSSR count). The molecule has 0 saturated heterocycles. The molecule has 5 heteroatoms. The molecule has 0 saturated carbocycles. The monoisotopic (exact) mass is 274 g/mol. The first-order valence-electron chi connectivity index (χ1n) is 6.85. The highest BCUT2D eigenvalue weighted by Crippen LogP contribution is 2.18. The molecular formula is C15H22N4O. The lowest BCUT2D eigenvalue weighted by Crippen LogP contribution is -2.32. The Morgan fingerprint density at radius 1 is 1.50 bits per heavy atom. The molecule has 0 fully saturated rings. The van der Waals surface area contributed by atoms with E-state index < -0.39 is 0 Å². The number of hydrogen-bond acceptors (Lipinski definition) is 4. The first kappa shape index (κ1) is 15.8. The minimum Gasteiger partial charge on any atom is -0.398 e. The number of nitrogen functional groups attached to an aromatic ring is 1. The van der Waals surface area contributed by atoms with Crippen LogP contribution in [0.5, 0.6) is 0 Å². The molecule has 0 spiro atoms. The Morgan fingerprint density at radius 3 is 2.90 bits per heavy atom. The van der Waals surface area contributed by atoms with E-state index in [1.54, 1.807) is 6.07 Å². The molecule has 1 aromatic rings. The zero-order valence-corrected chi connectivity index (χ0v) is 12.1. The van der Waals surface area contributed by atoms with Crippen molar-refractivity contribution < 1.29 is 4.79 Å². The molecule has 1 aromatic carbocycles. The zero-order valence-electron chi connectivity index (χ0n) is 12.1. The molecule has 4 N–H and O–H groups in total. The van der Waals surface area contributed by atoms with E-state index in [4.69, 9.17) is 11.0 Å². The van der Waals surface area contributed by atoms with E-state index in [2.05, 4.69) is 16.7 Å². The van der Waals surface area contributed by atoms with Gasteiger partial charge in [0, 0.05) is 30.4 Å². The van der Waals surface area contributed by atoms with Crippen molar-refractivity contribution in [3.05, 3.63) is 23.8 Å². The Bertz CT molecular complexity index is 493. The fraction of sp³-hybridized carbons (Fsp3) is 0.467. The first-order valence-corrected chi connectivity index (χ1v) is 6.85. The molecular weight excluding hydrogens is 252 g/mol. The second kappa shape index (κ2) is 8.05. The third-order valence-corrected chi connectivity index (χ3v) is 3.11. The Morgan fingerprint density at radius 2 is 2.25 bits per heavy atom. The highest BCUT2D eigenvalue weighted by molar-refractivity contribution is 5.76. The van der Waals surface area contributed by atoms with Crippen LogP contribution < -0.4 is 16.4 Å². The van der Waals surface area contributed by atoms with E-state index >= 15 is 0 Å². The van der Waals surface area contributed by atoms with E-state index in [-0.39, 0.29) is 18.4 Å². The maximum absolute atomic E-state index is 11.6. The van der Waals surface area contributed by atoms with Crippen LogP contribution in [0.1, 0.15) is 32.3 Å². The number of benzene rings is 1. The van der Waals surface area contributed by atoms with Gasteiger partial charge in [0.2, 0.25) is 5.91 Å². The van der Waals surface area contributed by atoms with Crippen molar-refractivity contribution in [1.82, 2.24) is 5.32 Å². The number of anilines is 2. The Kier molecular flexibility index (Phi) is 6.38. The predicted molar refractivity (Wildman–Crippen MR) is 81.2 cm³/mol. The number of nitriles is 1. The van der Waals surface area contributed by atoms with Gasteiger partial charge in [-0.3, -0.25) is 4.79 Å². The quantitative estimate of drug-likeness (QED) is 0.664. The van der Waals surface area contributed by atoms with Gasteiger partial charge in [-0.1, -0.05) is 6.92 Å². The summed E-state index contributed by atoms with van der Waals surface area (Å²) in [5.41, 5.74) is 8.08. The minimum absolute atomic E-state index is 0.0412. The van der Waals surface area contributed by atoms with Crippen molar-refractivity contribution in [2.24, 2.45) is 0 Å². The minimum atomic E-state index is 0.0412. The van der Waals surface area contributed by atoms with Gasteiger partial charge in [0.15, 0.2) is 0 Å². The van der Waals surface area contributed by atoms with Crippen molar-refractivity contribution in [3.63, 3.8) is 0 Å². The highest BCUT2D eigenvalue weighted by Gasteiger charge is 2.05. The second-order valence-electron chi connectivity index (χ2n) is 4.80. The molecule has 5 nitrogen and oxygen atoms in total. The number of nitrogens with one attached hydrogen (secondary N) is 2. The summed E-state index contributed by atoms with van der Waals surface area (Å²) >= 11 is 0. The van der Waals surface area contributed by atoms with Gasteiger partial charge in [0.1, 0.15) is 0 Å². The van der Waals surface area contributed by atoms with Crippen LogP contribution in [0, 0.1) is 11.3 Å². The van der Waals surface area contributed by atoms with Gasteiger partial charge in [-0.15, -0.1) is 0 Å². The highest BCUT2D eigenvalue weighted by atomic mass is 16.1. The van der Waals surface area contributed by atoms with Crippen LogP contribution in [0.25, 0.3) is 0 Å². The van der Waals surface area contributed by atoms with Gasteiger partial charge >= 0.3 is 0 Å². The van der Waals surface area contributed by atoms with E-state index in [0.717, 1.165) is 17.7 Å². The lowest BCUT2D eigenvalue weighted by molar-refractivity contribution is -0.121. The first-order chi connectivity index (χ1) is 9.56. The Labute approximate surface area is 120 Å². The molecule has 0 aliphatic carbocycles. The topological polar surface area (TPSA) is 90.9 Å². The fourth-order valence-corrected chi connectivity index (χ4v) is 1.72. The van der Waals surface area contributed by atoms with Gasteiger partial charge in [-0.05, 0) is 37.1 Å². The number of carbonyl (C=O) groups is 1. The smallest absolute Gasteiger partial charge is 0.221 e. The number of carbonyl (C=O) groups excluding carboxylic acids is 1. The Balaban J connectivity index is 2.44. The van der Waals surface area contributed by atoms with Crippen LogP contribution in [-0.4, -0.2) is 18.5 Å². The third-order valence-electron chi connectivity index (χ3n) is 3.11. The number of rotatable bonds is 7. The summed E-state index contributed by atoms with van der Waals surface area (Å²) in [6.45, 7) is 4.58. The maximum atomic E-state index is 11.6. The second-order valence-corrected chi connectivity index (χ2v) is 4.80. The van der Waals surface area contributed by atoms with E-state index in [9.17, 15) is 4.79 Å². The third kappa shape index (κ3) is 5.19. The normalized spacial score (nSPS) is 11.4. The summed E-state index contributed by atoms with van der Waals surface area (Å²) in [6.07, 6.45) is 1.63. The lowest BCUT2D eigenvalue weighted by atomic mass is 10.1. The lowest BCUT2D eigenvalue weighted by Gasteiger charge is -2.12. The predicted octanol–water partition coefficient (Wildman–Crippen LogP) is 2.05. The molecule has 20 heavy (non-hydrogen) atoms. The maximum Gasteiger partial charge on any atom is 0.221 e. The van der Waals surface area contributed by atoms with Gasteiger partial charge in [-0.2, -0.15) is 5.26 Å². The standard InChI is InChI=1S/C15H22N4O/c1-3-11(2)19-15(20)7-9-18-13-4-5-14(17)12(10-13)6-8-16/h4-5,10-11,18H,3,6-7,9,17H2,1-2H3,(H,19,20). The zero-order chi connectivity index (χ0) is 15.0. The van der Waals surface area contributed by atoms with E-state index in [0.29, 0.717) is 18.7 Å². The van der Waals surface area contributed by atoms with Crippen LogP contribution >= 0.6 is 0 Å². The fourth-order valence-electron chi connectivity index (χ4n) is 1.72. The summed E-state index contributed by atoms with van der Waals surface area (Å²) in [5.74, 6) is 0.0412. The molecule has 0 bridgehead atoms. The average molecular weight is 274 g/mol. The summed E-state index contributed by atoms with van der Waals surface area (Å²) in [4.78, 5) is 11.6. The SMILES string of the molecule is CCC(C)NC(=O)CCNc1ccc(N)c(CC#N)c1. The van der Waals surface area contributed by atoms with Crippen molar-refractivity contribution in [3.8, 4) is 6.07 Å². The number of nitrogens with zero attached hydrogens (tertiary/aromatic N) is 1. The van der Waals surface area contributed by atoms with Crippen LogP contribution in [0.2, 0.25) is 0 Å². The Hall–Kier alpha value is -2.22. The van der Waals surface area contributed by atoms with Crippen molar-refractivity contribution in [1.29, 1.82) is 5.26 Å². The summed E-state index contributed by atoms with van der Waals surface area (Å²) in [5, 5.41) is 14.8. The summed E-state index contributed by atoms with van der Waals surface area (Å²) in [7, 11) is 0. The molecule has 1 atom stereocenters. The van der Waals surface area contributed by atoms with Gasteiger partial charge in [-0.25, -0.2) is 0 Å². The van der Waals surface area contributed by atoms with Crippen LogP contribution in [-0.2, 0) is 11.2 Å². The van der Waals surface area contributed by atoms with Gasteiger partial charge < -0.3 is 16.4 Å². The molecule has 1 amide bonds. The molecule has 0 aliphatic heterocycles. The summed E-state index contributed by atoms with van der Waals surface area (Å²) in [6, 6.07) is 7.77. The number of nitrogens with two attached hydrogens (primary N) is 1. The van der Waals surface area contributed by atoms with Crippen LogP contribution in [0.15, 0.2) is 18.2 Å². The van der Waals surface area contributed by atoms with Gasteiger partial charge in [0.25, 0.3) is 0 Å². The van der Waals surface area contributed by atoms with Crippen LogP contribution in [0.4, 0.5) is 11.4 Å². The number of amides is 1. The summed E-state index contributed by atoms with van der Waals surface area (Å²) < 4.78 is 0. The van der Waals surface area contributed by atoms with Crippen molar-refractivity contribution in [2.75, 3.05) is 17.6 Å². The molecule has 0 aliphatic rings. The molecule has 108 valence electrons. The largest absolute Gasteiger partial charge is 0.398 e. The van der Waals surface area contributed by atoms with Crippen molar-refractivity contribution >= 4 is 17.3 Å². The van der Waals surface area contributed by atoms with Crippen molar-refractivity contribution in [2.45, 2.75) is 39.2 Å². The van der Waals surface area contributed by atoms with E-state index in [1.165, 1.54) is 0 Å². The molecule has 0 aromatic heterocycles. The average Bonchev–Trinajstić information content (AvgIpc) is 2.42. The van der Waals surface area contributed by atoms with Crippen LogP contribution in [0.3, 0.4) is 0 Å².